The van der Waals surface area contributed by atoms with Crippen molar-refractivity contribution < 1.29 is 22.6 Å². The van der Waals surface area contributed by atoms with Gasteiger partial charge in [-0.1, -0.05) is 56.3 Å². The molecule has 6 rings (SSSR count). The van der Waals surface area contributed by atoms with Gasteiger partial charge in [0.05, 0.1) is 16.1 Å². The van der Waals surface area contributed by atoms with Gasteiger partial charge in [-0.2, -0.15) is 22.9 Å². The zero-order valence-electron chi connectivity index (χ0n) is 25.6. The Hall–Kier alpha value is -5.10. The van der Waals surface area contributed by atoms with Crippen LogP contribution in [0.5, 0.6) is 5.75 Å². The minimum absolute atomic E-state index is 0.0252. The first-order valence-corrected chi connectivity index (χ1v) is 16.4. The van der Waals surface area contributed by atoms with Crippen molar-refractivity contribution in [3.8, 4) is 5.75 Å². The van der Waals surface area contributed by atoms with Crippen LogP contribution in [0, 0.1) is 0 Å². The van der Waals surface area contributed by atoms with Crippen molar-refractivity contribution in [2.75, 3.05) is 18.4 Å². The highest BCUT2D eigenvalue weighted by atomic mass is 32.2. The highest BCUT2D eigenvalue weighted by Crippen LogP contribution is 2.40. The molecule has 10 nitrogen and oxygen atoms in total. The maximum absolute atomic E-state index is 13.6. The van der Waals surface area contributed by atoms with Crippen molar-refractivity contribution in [3.05, 3.63) is 103 Å². The second kappa shape index (κ2) is 12.7. The van der Waals surface area contributed by atoms with Crippen LogP contribution in [0.2, 0.25) is 0 Å². The first-order valence-electron chi connectivity index (χ1n) is 15.0. The van der Waals surface area contributed by atoms with Gasteiger partial charge in [0.25, 0.3) is 5.91 Å². The standard InChI is InChI=1S/C35H33N5O5S/c1-4-39(5-2)45-46(43,44)26-18-15-24(16-19-26)37-38-33-27-12-8-7-11-23(27)21-30(34(33)41)35(42)36-25-17-20-32-29(22-25)28-13-9-10-14-31(28)40(32)6-3/h7-22,41H,4-6H2,1-3H3,(H,36,42). The predicted molar refractivity (Wildman–Crippen MR) is 180 cm³/mol. The van der Waals surface area contributed by atoms with E-state index in [-0.39, 0.29) is 21.9 Å². The van der Waals surface area contributed by atoms with Gasteiger partial charge in [-0.25, -0.2) is 0 Å². The van der Waals surface area contributed by atoms with E-state index in [4.69, 9.17) is 4.28 Å². The molecule has 0 saturated carbocycles. The van der Waals surface area contributed by atoms with Crippen LogP contribution in [0.4, 0.5) is 17.1 Å². The fraction of sp³-hybridized carbons (Fsp3) is 0.171. The lowest BCUT2D eigenvalue weighted by Crippen LogP contribution is -2.27. The molecule has 0 aliphatic carbocycles. The largest absolute Gasteiger partial charge is 0.505 e. The Bertz CT molecular complexity index is 2220. The number of phenols is 1. The van der Waals surface area contributed by atoms with E-state index in [1.54, 1.807) is 32.0 Å². The number of phenolic OH excluding ortho intramolecular Hbond substituents is 1. The Morgan fingerprint density at radius 2 is 1.50 bits per heavy atom. The molecular weight excluding hydrogens is 602 g/mol. The van der Waals surface area contributed by atoms with E-state index in [9.17, 15) is 18.3 Å². The first kappa shape index (κ1) is 30.9. The topological polar surface area (TPSA) is 126 Å². The van der Waals surface area contributed by atoms with Crippen molar-refractivity contribution >= 4 is 65.7 Å². The van der Waals surface area contributed by atoms with Crippen molar-refractivity contribution in [1.29, 1.82) is 0 Å². The van der Waals surface area contributed by atoms with Gasteiger partial charge in [0.15, 0.2) is 5.75 Å². The molecular formula is C35H33N5O5S. The summed E-state index contributed by atoms with van der Waals surface area (Å²) in [6, 6.07) is 28.5. The normalized spacial score (nSPS) is 12.2. The van der Waals surface area contributed by atoms with Crippen LogP contribution >= 0.6 is 0 Å². The summed E-state index contributed by atoms with van der Waals surface area (Å²) < 4.78 is 32.6. The quantitative estimate of drug-likeness (QED) is 0.115. The molecule has 0 aliphatic rings. The minimum atomic E-state index is -4.00. The van der Waals surface area contributed by atoms with Gasteiger partial charge in [0.2, 0.25) is 0 Å². The van der Waals surface area contributed by atoms with Crippen LogP contribution in [0.1, 0.15) is 31.1 Å². The number of carbonyl (C=O) groups excluding carboxylic acids is 1. The van der Waals surface area contributed by atoms with Crippen molar-refractivity contribution in [1.82, 2.24) is 9.63 Å². The number of aryl methyl sites for hydroxylation is 1. The fourth-order valence-electron chi connectivity index (χ4n) is 5.56. The molecule has 1 amide bonds. The monoisotopic (exact) mass is 635 g/mol. The summed E-state index contributed by atoms with van der Waals surface area (Å²) in [5.74, 6) is -0.823. The summed E-state index contributed by atoms with van der Waals surface area (Å²) in [4.78, 5) is 13.6. The number of aromatic nitrogens is 1. The summed E-state index contributed by atoms with van der Waals surface area (Å²) in [5, 5.41) is 27.6. The van der Waals surface area contributed by atoms with Gasteiger partial charge in [-0.05, 0) is 66.9 Å². The number of carbonyl (C=O) groups is 1. The van der Waals surface area contributed by atoms with Gasteiger partial charge in [-0.15, -0.1) is 5.11 Å². The molecule has 2 N–H and O–H groups in total. The number of hydroxylamine groups is 2. The molecule has 46 heavy (non-hydrogen) atoms. The summed E-state index contributed by atoms with van der Waals surface area (Å²) in [6.07, 6.45) is 0. The Kier molecular flexibility index (Phi) is 8.55. The zero-order valence-corrected chi connectivity index (χ0v) is 26.5. The molecule has 1 heterocycles. The summed E-state index contributed by atoms with van der Waals surface area (Å²) >= 11 is 0. The van der Waals surface area contributed by atoms with Crippen LogP contribution < -0.4 is 5.32 Å². The number of rotatable bonds is 10. The molecule has 1 aromatic heterocycles. The number of nitrogens with one attached hydrogen (secondary N) is 1. The molecule has 6 aromatic rings. The number of hydrogen-bond acceptors (Lipinski definition) is 8. The van der Waals surface area contributed by atoms with Crippen LogP contribution in [0.25, 0.3) is 32.6 Å². The first-order chi connectivity index (χ1) is 22.2. The molecule has 0 saturated heterocycles. The fourth-order valence-corrected chi connectivity index (χ4v) is 6.60. The van der Waals surface area contributed by atoms with Crippen LogP contribution in [-0.4, -0.2) is 42.2 Å². The average Bonchev–Trinajstić information content (AvgIpc) is 3.39. The van der Waals surface area contributed by atoms with E-state index in [0.717, 1.165) is 28.4 Å². The SMILES string of the molecule is CCN(CC)OS(=O)(=O)c1ccc(N=Nc2c(O)c(C(=O)Nc3ccc4c(c3)c3ccccc3n4CC)cc3ccccc23)cc1. The maximum atomic E-state index is 13.6. The summed E-state index contributed by atoms with van der Waals surface area (Å²) in [5.41, 5.74) is 3.28. The zero-order chi connectivity index (χ0) is 32.4. The Labute approximate surface area is 266 Å². The van der Waals surface area contributed by atoms with E-state index < -0.39 is 16.0 Å². The Morgan fingerprint density at radius 1 is 0.826 bits per heavy atom. The lowest BCUT2D eigenvalue weighted by molar-refractivity contribution is -0.0413. The molecule has 0 aliphatic heterocycles. The maximum Gasteiger partial charge on any atom is 0.313 e. The number of nitrogens with zero attached hydrogens (tertiary/aromatic N) is 4. The number of benzene rings is 5. The number of para-hydroxylation sites is 1. The van der Waals surface area contributed by atoms with Crippen LogP contribution in [0.3, 0.4) is 0 Å². The Balaban J connectivity index is 1.31. The van der Waals surface area contributed by atoms with E-state index >= 15 is 0 Å². The molecule has 11 heteroatoms. The molecule has 0 bridgehead atoms. The molecule has 0 spiro atoms. The third kappa shape index (κ3) is 5.83. The molecule has 0 unspecified atom stereocenters. The smallest absolute Gasteiger partial charge is 0.313 e. The van der Waals surface area contributed by atoms with Crippen LogP contribution in [-0.2, 0) is 20.9 Å². The number of aromatic hydroxyl groups is 1. The molecule has 5 aromatic carbocycles. The number of anilines is 1. The average molecular weight is 636 g/mol. The number of fused-ring (bicyclic) bond motifs is 4. The number of azo groups is 1. The van der Waals surface area contributed by atoms with Gasteiger partial charge in [0, 0.05) is 52.5 Å². The Morgan fingerprint density at radius 3 is 2.22 bits per heavy atom. The summed E-state index contributed by atoms with van der Waals surface area (Å²) in [6.45, 7) is 7.33. The second-order valence-corrected chi connectivity index (χ2v) is 12.2. The highest BCUT2D eigenvalue weighted by Gasteiger charge is 2.21. The van der Waals surface area contributed by atoms with Crippen molar-refractivity contribution in [3.63, 3.8) is 0 Å². The van der Waals surface area contributed by atoms with E-state index in [2.05, 4.69) is 39.2 Å². The van der Waals surface area contributed by atoms with Crippen LogP contribution in [0.15, 0.2) is 112 Å². The second-order valence-electron chi connectivity index (χ2n) is 10.6. The molecule has 0 atom stereocenters. The number of hydrogen-bond donors (Lipinski definition) is 2. The minimum Gasteiger partial charge on any atom is -0.505 e. The molecule has 234 valence electrons. The molecule has 0 fully saturated rings. The third-order valence-corrected chi connectivity index (χ3v) is 9.14. The number of amides is 1. The highest BCUT2D eigenvalue weighted by molar-refractivity contribution is 7.86. The van der Waals surface area contributed by atoms with Gasteiger partial charge in [0.1, 0.15) is 5.69 Å². The van der Waals surface area contributed by atoms with Gasteiger partial charge < -0.3 is 15.0 Å². The van der Waals surface area contributed by atoms with Gasteiger partial charge >= 0.3 is 10.1 Å². The third-order valence-electron chi connectivity index (χ3n) is 7.89. The predicted octanol–water partition coefficient (Wildman–Crippen LogP) is 8.30. The van der Waals surface area contributed by atoms with Gasteiger partial charge in [-0.3, -0.25) is 4.79 Å². The van der Waals surface area contributed by atoms with E-state index in [1.807, 2.05) is 42.5 Å². The lowest BCUT2D eigenvalue weighted by Gasteiger charge is -2.16. The van der Waals surface area contributed by atoms with E-state index in [0.29, 0.717) is 35.2 Å². The lowest BCUT2D eigenvalue weighted by atomic mass is 10.0. The molecule has 0 radical (unpaired) electrons. The summed E-state index contributed by atoms with van der Waals surface area (Å²) in [7, 11) is -4.00. The van der Waals surface area contributed by atoms with E-state index in [1.165, 1.54) is 29.3 Å². The van der Waals surface area contributed by atoms with Crippen molar-refractivity contribution in [2.24, 2.45) is 10.2 Å². The van der Waals surface area contributed by atoms with Crippen molar-refractivity contribution in [2.45, 2.75) is 32.2 Å².